The molecular weight excluding hydrogens is 234 g/mol. The largest absolute Gasteiger partial charge is 0.383 e. The van der Waals surface area contributed by atoms with Crippen LogP contribution in [0.3, 0.4) is 0 Å². The molecule has 0 radical (unpaired) electrons. The number of ether oxygens (including phenoxy) is 1. The zero-order valence-electron chi connectivity index (χ0n) is 9.58. The molecule has 0 fully saturated rings. The standard InChI is InChI=1S/C8H19N3O4S/c1-9-16(13,14)6-4-11-8(12)7-10-3-5-15-2/h9-10H,3-7H2,1-2H3,(H,11,12). The second-order valence-corrected chi connectivity index (χ2v) is 5.09. The Morgan fingerprint density at radius 2 is 2.00 bits per heavy atom. The summed E-state index contributed by atoms with van der Waals surface area (Å²) in [4.78, 5) is 11.2. The van der Waals surface area contributed by atoms with Gasteiger partial charge in [0.2, 0.25) is 15.9 Å². The second-order valence-electron chi connectivity index (χ2n) is 3.04. The van der Waals surface area contributed by atoms with Gasteiger partial charge >= 0.3 is 0 Å². The molecule has 0 rings (SSSR count). The van der Waals surface area contributed by atoms with Crippen molar-refractivity contribution in [1.82, 2.24) is 15.4 Å². The van der Waals surface area contributed by atoms with Crippen LogP contribution in [-0.2, 0) is 19.6 Å². The van der Waals surface area contributed by atoms with Crippen molar-refractivity contribution in [2.24, 2.45) is 0 Å². The summed E-state index contributed by atoms with van der Waals surface area (Å²) in [6.07, 6.45) is 0. The minimum atomic E-state index is -3.25. The van der Waals surface area contributed by atoms with Gasteiger partial charge in [-0.25, -0.2) is 13.1 Å². The van der Waals surface area contributed by atoms with E-state index in [1.54, 1.807) is 7.11 Å². The summed E-state index contributed by atoms with van der Waals surface area (Å²) in [5.41, 5.74) is 0. The van der Waals surface area contributed by atoms with Gasteiger partial charge in [-0.15, -0.1) is 0 Å². The van der Waals surface area contributed by atoms with E-state index in [-0.39, 0.29) is 24.7 Å². The molecule has 0 aliphatic rings. The zero-order valence-corrected chi connectivity index (χ0v) is 10.4. The Kier molecular flexibility index (Phi) is 8.08. The molecule has 0 saturated heterocycles. The van der Waals surface area contributed by atoms with Gasteiger partial charge < -0.3 is 15.4 Å². The molecule has 0 saturated carbocycles. The molecule has 0 atom stereocenters. The van der Waals surface area contributed by atoms with Gasteiger partial charge in [0.05, 0.1) is 18.9 Å². The van der Waals surface area contributed by atoms with E-state index in [1.807, 2.05) is 0 Å². The third kappa shape index (κ3) is 8.60. The van der Waals surface area contributed by atoms with E-state index in [2.05, 4.69) is 15.4 Å². The summed E-state index contributed by atoms with van der Waals surface area (Å²) in [7, 11) is -0.339. The third-order valence-electron chi connectivity index (χ3n) is 1.77. The highest BCUT2D eigenvalue weighted by Crippen LogP contribution is 1.79. The summed E-state index contributed by atoms with van der Waals surface area (Å²) < 4.78 is 28.9. The van der Waals surface area contributed by atoms with E-state index >= 15 is 0 Å². The first-order valence-electron chi connectivity index (χ1n) is 4.89. The van der Waals surface area contributed by atoms with Crippen molar-refractivity contribution in [2.45, 2.75) is 0 Å². The maximum atomic E-state index is 11.2. The lowest BCUT2D eigenvalue weighted by molar-refractivity contribution is -0.120. The molecule has 0 aliphatic heterocycles. The van der Waals surface area contributed by atoms with Gasteiger partial charge in [-0.2, -0.15) is 0 Å². The molecule has 16 heavy (non-hydrogen) atoms. The van der Waals surface area contributed by atoms with Crippen molar-refractivity contribution in [1.29, 1.82) is 0 Å². The fraction of sp³-hybridized carbons (Fsp3) is 0.875. The van der Waals surface area contributed by atoms with Crippen molar-refractivity contribution in [3.05, 3.63) is 0 Å². The molecule has 96 valence electrons. The van der Waals surface area contributed by atoms with Crippen LogP contribution >= 0.6 is 0 Å². The first-order valence-corrected chi connectivity index (χ1v) is 6.54. The Balaban J connectivity index is 3.51. The van der Waals surface area contributed by atoms with Crippen molar-refractivity contribution in [3.63, 3.8) is 0 Å². The lowest BCUT2D eigenvalue weighted by Gasteiger charge is -2.06. The van der Waals surface area contributed by atoms with Crippen LogP contribution in [0, 0.1) is 0 Å². The molecule has 0 aromatic heterocycles. The zero-order chi connectivity index (χ0) is 12.4. The molecule has 0 aliphatic carbocycles. The lowest BCUT2D eigenvalue weighted by Crippen LogP contribution is -2.38. The molecule has 0 aromatic rings. The van der Waals surface area contributed by atoms with Gasteiger partial charge in [0.15, 0.2) is 0 Å². The first kappa shape index (κ1) is 15.3. The average molecular weight is 253 g/mol. The van der Waals surface area contributed by atoms with E-state index < -0.39 is 10.0 Å². The Morgan fingerprint density at radius 1 is 1.31 bits per heavy atom. The van der Waals surface area contributed by atoms with Gasteiger partial charge in [0, 0.05) is 20.2 Å². The fourth-order valence-corrected chi connectivity index (χ4v) is 1.44. The van der Waals surface area contributed by atoms with Crippen LogP contribution in [0.1, 0.15) is 0 Å². The first-order chi connectivity index (χ1) is 7.52. The topological polar surface area (TPSA) is 96.5 Å². The number of rotatable bonds is 9. The van der Waals surface area contributed by atoms with Gasteiger partial charge in [0.25, 0.3) is 0 Å². The molecule has 0 spiro atoms. The molecule has 0 heterocycles. The summed E-state index contributed by atoms with van der Waals surface area (Å²) in [5, 5.41) is 5.33. The van der Waals surface area contributed by atoms with E-state index in [1.165, 1.54) is 7.05 Å². The second kappa shape index (κ2) is 8.45. The van der Waals surface area contributed by atoms with Gasteiger partial charge in [-0.1, -0.05) is 0 Å². The minimum absolute atomic E-state index is 0.105. The number of hydrogen-bond acceptors (Lipinski definition) is 5. The Labute approximate surface area is 96.0 Å². The van der Waals surface area contributed by atoms with Crippen LogP contribution in [0.4, 0.5) is 0 Å². The molecular formula is C8H19N3O4S. The lowest BCUT2D eigenvalue weighted by atomic mass is 10.5. The number of carbonyl (C=O) groups excluding carboxylic acids is 1. The number of hydrogen-bond donors (Lipinski definition) is 3. The van der Waals surface area contributed by atoms with E-state index in [9.17, 15) is 13.2 Å². The maximum Gasteiger partial charge on any atom is 0.233 e. The summed E-state index contributed by atoms with van der Waals surface area (Å²) in [6.45, 7) is 1.37. The van der Waals surface area contributed by atoms with Crippen molar-refractivity contribution in [2.75, 3.05) is 46.2 Å². The number of nitrogens with one attached hydrogen (secondary N) is 3. The van der Waals surface area contributed by atoms with Crippen molar-refractivity contribution >= 4 is 15.9 Å². The summed E-state index contributed by atoms with van der Waals surface area (Å²) >= 11 is 0. The van der Waals surface area contributed by atoms with Crippen LogP contribution in [0.2, 0.25) is 0 Å². The van der Waals surface area contributed by atoms with Gasteiger partial charge in [0.1, 0.15) is 0 Å². The van der Waals surface area contributed by atoms with Crippen LogP contribution in [0.5, 0.6) is 0 Å². The number of amides is 1. The molecule has 0 aromatic carbocycles. The minimum Gasteiger partial charge on any atom is -0.383 e. The molecule has 7 nitrogen and oxygen atoms in total. The predicted octanol–water partition coefficient (Wildman–Crippen LogP) is -2.11. The molecule has 0 unspecified atom stereocenters. The average Bonchev–Trinajstić information content (AvgIpc) is 2.24. The normalized spacial score (nSPS) is 11.4. The smallest absolute Gasteiger partial charge is 0.233 e. The van der Waals surface area contributed by atoms with Crippen LogP contribution < -0.4 is 15.4 Å². The van der Waals surface area contributed by atoms with Crippen molar-refractivity contribution < 1.29 is 17.9 Å². The number of methoxy groups -OCH3 is 1. The highest BCUT2D eigenvalue weighted by molar-refractivity contribution is 7.89. The maximum absolute atomic E-state index is 11.2. The highest BCUT2D eigenvalue weighted by atomic mass is 32.2. The Morgan fingerprint density at radius 3 is 2.56 bits per heavy atom. The van der Waals surface area contributed by atoms with Gasteiger partial charge in [-0.05, 0) is 7.05 Å². The van der Waals surface area contributed by atoms with Crippen LogP contribution in [0.15, 0.2) is 0 Å². The number of sulfonamides is 1. The summed E-state index contributed by atoms with van der Waals surface area (Å²) in [5.74, 6) is -0.352. The highest BCUT2D eigenvalue weighted by Gasteiger charge is 2.07. The molecule has 0 bridgehead atoms. The SMILES string of the molecule is CNS(=O)(=O)CCNC(=O)CNCCOC. The summed E-state index contributed by atoms with van der Waals surface area (Å²) in [6, 6.07) is 0. The quantitative estimate of drug-likeness (QED) is 0.409. The third-order valence-corrected chi connectivity index (χ3v) is 3.14. The van der Waals surface area contributed by atoms with E-state index in [0.717, 1.165) is 0 Å². The Bertz CT molecular complexity index is 292. The monoisotopic (exact) mass is 253 g/mol. The van der Waals surface area contributed by atoms with Gasteiger partial charge in [-0.3, -0.25) is 4.79 Å². The van der Waals surface area contributed by atoms with E-state index in [4.69, 9.17) is 4.74 Å². The predicted molar refractivity (Wildman–Crippen MR) is 60.6 cm³/mol. The number of carbonyl (C=O) groups is 1. The fourth-order valence-electron chi connectivity index (χ4n) is 0.866. The van der Waals surface area contributed by atoms with Crippen LogP contribution in [-0.4, -0.2) is 60.5 Å². The van der Waals surface area contributed by atoms with E-state index in [0.29, 0.717) is 13.2 Å². The molecule has 3 N–H and O–H groups in total. The molecule has 8 heteroatoms. The Hall–Kier alpha value is -0.700. The van der Waals surface area contributed by atoms with Crippen molar-refractivity contribution in [3.8, 4) is 0 Å². The van der Waals surface area contributed by atoms with Crippen LogP contribution in [0.25, 0.3) is 0 Å². The molecule has 1 amide bonds.